The minimum absolute atomic E-state index is 0.167. The lowest BCUT2D eigenvalue weighted by molar-refractivity contribution is -0.117. The molecule has 1 aromatic rings. The van der Waals surface area contributed by atoms with Crippen LogP contribution in [0.4, 0.5) is 5.82 Å². The van der Waals surface area contributed by atoms with Crippen LogP contribution in [0.3, 0.4) is 0 Å². The number of rotatable bonds is 6. The van der Waals surface area contributed by atoms with Crippen LogP contribution in [0.1, 0.15) is 36.5 Å². The van der Waals surface area contributed by atoms with E-state index in [0.717, 1.165) is 12.8 Å². The second-order valence-corrected chi connectivity index (χ2v) is 5.30. The van der Waals surface area contributed by atoms with E-state index in [0.29, 0.717) is 31.3 Å². The molecule has 1 amide bonds. The quantitative estimate of drug-likeness (QED) is 0.806. The van der Waals surface area contributed by atoms with Gasteiger partial charge in [-0.2, -0.15) is 0 Å². The molecule has 1 aliphatic heterocycles. The van der Waals surface area contributed by atoms with Crippen molar-refractivity contribution in [3.8, 4) is 5.75 Å². The number of pyridine rings is 1. The highest BCUT2D eigenvalue weighted by Gasteiger charge is 2.21. The van der Waals surface area contributed by atoms with Crippen LogP contribution in [-0.4, -0.2) is 43.8 Å². The van der Waals surface area contributed by atoms with Gasteiger partial charge >= 0.3 is 5.97 Å². The second kappa shape index (κ2) is 8.47. The zero-order chi connectivity index (χ0) is 16.7. The van der Waals surface area contributed by atoms with Gasteiger partial charge in [0.05, 0.1) is 19.9 Å². The first kappa shape index (κ1) is 17.2. The lowest BCUT2D eigenvalue weighted by Gasteiger charge is -2.21. The van der Waals surface area contributed by atoms with E-state index in [2.05, 4.69) is 10.3 Å². The third-order valence-electron chi connectivity index (χ3n) is 3.67. The normalized spacial score (nSPS) is 15.0. The molecule has 0 spiro atoms. The van der Waals surface area contributed by atoms with Crippen LogP contribution in [0.2, 0.25) is 0 Å². The van der Waals surface area contributed by atoms with Crippen molar-refractivity contribution >= 4 is 17.7 Å². The van der Waals surface area contributed by atoms with Crippen molar-refractivity contribution in [3.63, 3.8) is 0 Å². The maximum atomic E-state index is 12.2. The molecular formula is C16H22N2O5. The van der Waals surface area contributed by atoms with Gasteiger partial charge in [-0.1, -0.05) is 0 Å². The van der Waals surface area contributed by atoms with E-state index in [-0.39, 0.29) is 23.9 Å². The van der Waals surface area contributed by atoms with Crippen molar-refractivity contribution < 1.29 is 23.8 Å². The number of aromatic nitrogens is 1. The van der Waals surface area contributed by atoms with Crippen molar-refractivity contribution in [2.75, 3.05) is 32.2 Å². The number of hydrogen-bond donors (Lipinski definition) is 1. The number of esters is 1. The average molecular weight is 322 g/mol. The summed E-state index contributed by atoms with van der Waals surface area (Å²) >= 11 is 0. The third kappa shape index (κ3) is 4.92. The summed E-state index contributed by atoms with van der Waals surface area (Å²) in [6, 6.07) is 1.51. The Bertz CT molecular complexity index is 555. The Labute approximate surface area is 135 Å². The van der Waals surface area contributed by atoms with Gasteiger partial charge in [-0.15, -0.1) is 0 Å². The number of ether oxygens (including phenoxy) is 3. The molecule has 7 heteroatoms. The van der Waals surface area contributed by atoms with E-state index in [1.165, 1.54) is 19.4 Å². The number of carbonyl (C=O) groups excluding carboxylic acids is 2. The van der Waals surface area contributed by atoms with Gasteiger partial charge in [-0.05, 0) is 31.7 Å². The molecule has 1 aliphatic rings. The van der Waals surface area contributed by atoms with Crippen molar-refractivity contribution in [1.82, 2.24) is 4.98 Å². The Kier molecular flexibility index (Phi) is 6.34. The number of nitrogens with one attached hydrogen (secondary N) is 1. The number of carbonyl (C=O) groups is 2. The smallest absolute Gasteiger partial charge is 0.342 e. The molecule has 7 nitrogen and oxygen atoms in total. The largest absolute Gasteiger partial charge is 0.495 e. The van der Waals surface area contributed by atoms with E-state index in [9.17, 15) is 9.59 Å². The summed E-state index contributed by atoms with van der Waals surface area (Å²) in [5, 5.41) is 2.70. The Balaban J connectivity index is 2.07. The van der Waals surface area contributed by atoms with E-state index in [4.69, 9.17) is 14.2 Å². The molecule has 2 rings (SSSR count). The average Bonchev–Trinajstić information content (AvgIpc) is 2.56. The molecule has 1 N–H and O–H groups in total. The molecule has 0 unspecified atom stereocenters. The maximum Gasteiger partial charge on any atom is 0.342 e. The van der Waals surface area contributed by atoms with E-state index in [1.807, 2.05) is 0 Å². The van der Waals surface area contributed by atoms with Gasteiger partial charge in [-0.3, -0.25) is 4.79 Å². The van der Waals surface area contributed by atoms with Crippen molar-refractivity contribution in [1.29, 1.82) is 0 Å². The zero-order valence-electron chi connectivity index (χ0n) is 13.5. The van der Waals surface area contributed by atoms with Crippen molar-refractivity contribution in [2.24, 2.45) is 5.92 Å². The Hall–Kier alpha value is -2.15. The van der Waals surface area contributed by atoms with Crippen molar-refractivity contribution in [3.05, 3.63) is 17.8 Å². The van der Waals surface area contributed by atoms with E-state index >= 15 is 0 Å². The van der Waals surface area contributed by atoms with Gasteiger partial charge in [-0.25, -0.2) is 9.78 Å². The van der Waals surface area contributed by atoms with Crippen LogP contribution >= 0.6 is 0 Å². The predicted octanol–water partition coefficient (Wildman–Crippen LogP) is 2.02. The van der Waals surface area contributed by atoms with Crippen LogP contribution in [0.5, 0.6) is 5.75 Å². The number of methoxy groups -OCH3 is 1. The SMILES string of the molecule is CCOC(=O)c1cc(OC)cnc1NC(=O)CC1CCOCC1. The Morgan fingerprint density at radius 3 is 2.78 bits per heavy atom. The fourth-order valence-corrected chi connectivity index (χ4v) is 2.42. The molecule has 0 aliphatic carbocycles. The zero-order valence-corrected chi connectivity index (χ0v) is 13.5. The minimum Gasteiger partial charge on any atom is -0.495 e. The molecule has 23 heavy (non-hydrogen) atoms. The first-order valence-electron chi connectivity index (χ1n) is 7.72. The fourth-order valence-electron chi connectivity index (χ4n) is 2.42. The molecule has 1 saturated heterocycles. The van der Waals surface area contributed by atoms with Crippen LogP contribution in [0.15, 0.2) is 12.3 Å². The Morgan fingerprint density at radius 1 is 1.39 bits per heavy atom. The number of amides is 1. The van der Waals surface area contributed by atoms with Crippen LogP contribution < -0.4 is 10.1 Å². The molecule has 0 radical (unpaired) electrons. The summed E-state index contributed by atoms with van der Waals surface area (Å²) < 4.78 is 15.3. The lowest BCUT2D eigenvalue weighted by Crippen LogP contribution is -2.23. The monoisotopic (exact) mass is 322 g/mol. The standard InChI is InChI=1S/C16H22N2O5/c1-3-23-16(20)13-9-12(21-2)10-17-15(13)18-14(19)8-11-4-6-22-7-5-11/h9-11H,3-8H2,1-2H3,(H,17,18,19). The molecular weight excluding hydrogens is 300 g/mol. The highest BCUT2D eigenvalue weighted by Crippen LogP contribution is 2.22. The molecule has 2 heterocycles. The van der Waals surface area contributed by atoms with Gasteiger partial charge in [0.2, 0.25) is 5.91 Å². The van der Waals surface area contributed by atoms with Gasteiger partial charge in [0.15, 0.2) is 0 Å². The number of nitrogens with zero attached hydrogens (tertiary/aromatic N) is 1. The minimum atomic E-state index is -0.541. The fraction of sp³-hybridized carbons (Fsp3) is 0.562. The molecule has 0 bridgehead atoms. The second-order valence-electron chi connectivity index (χ2n) is 5.30. The van der Waals surface area contributed by atoms with E-state index < -0.39 is 5.97 Å². The Morgan fingerprint density at radius 2 is 2.13 bits per heavy atom. The summed E-state index contributed by atoms with van der Waals surface area (Å²) in [4.78, 5) is 28.3. The summed E-state index contributed by atoms with van der Waals surface area (Å²) in [5.74, 6) is 0.213. The van der Waals surface area contributed by atoms with Crippen LogP contribution in [0, 0.1) is 5.92 Å². The van der Waals surface area contributed by atoms with Crippen LogP contribution in [0.25, 0.3) is 0 Å². The molecule has 126 valence electrons. The van der Waals surface area contributed by atoms with Gasteiger partial charge in [0, 0.05) is 19.6 Å². The summed E-state index contributed by atoms with van der Waals surface area (Å²) in [6.07, 6.45) is 3.58. The summed E-state index contributed by atoms with van der Waals surface area (Å²) in [5.41, 5.74) is 0.187. The van der Waals surface area contributed by atoms with E-state index in [1.54, 1.807) is 6.92 Å². The molecule has 0 saturated carbocycles. The highest BCUT2D eigenvalue weighted by molar-refractivity contribution is 6.00. The first-order chi connectivity index (χ1) is 11.1. The topological polar surface area (TPSA) is 86.8 Å². The lowest BCUT2D eigenvalue weighted by atomic mass is 9.96. The molecule has 1 fully saturated rings. The maximum absolute atomic E-state index is 12.2. The molecule has 1 aromatic heterocycles. The number of hydrogen-bond acceptors (Lipinski definition) is 6. The molecule has 0 aromatic carbocycles. The van der Waals surface area contributed by atoms with Crippen molar-refractivity contribution in [2.45, 2.75) is 26.2 Å². The highest BCUT2D eigenvalue weighted by atomic mass is 16.5. The summed E-state index contributed by atoms with van der Waals surface area (Å²) in [7, 11) is 1.48. The summed E-state index contributed by atoms with van der Waals surface area (Å²) in [6.45, 7) is 3.33. The number of anilines is 1. The van der Waals surface area contributed by atoms with Gasteiger partial charge < -0.3 is 19.5 Å². The van der Waals surface area contributed by atoms with Gasteiger partial charge in [0.25, 0.3) is 0 Å². The third-order valence-corrected chi connectivity index (χ3v) is 3.67. The van der Waals surface area contributed by atoms with Gasteiger partial charge in [0.1, 0.15) is 17.1 Å². The van der Waals surface area contributed by atoms with Crippen LogP contribution in [-0.2, 0) is 14.3 Å². The predicted molar refractivity (Wildman–Crippen MR) is 83.5 cm³/mol. The molecule has 0 atom stereocenters. The first-order valence-corrected chi connectivity index (χ1v) is 7.72.